The molecule has 3 aliphatic heterocycles. The second-order valence-corrected chi connectivity index (χ2v) is 15.6. The van der Waals surface area contributed by atoms with Crippen LogP contribution in [-0.4, -0.2) is 125 Å². The van der Waals surface area contributed by atoms with Gasteiger partial charge in [0.2, 0.25) is 6.29 Å². The lowest BCUT2D eigenvalue weighted by atomic mass is 9.98. The van der Waals surface area contributed by atoms with Crippen molar-refractivity contribution in [1.82, 2.24) is 14.8 Å². The van der Waals surface area contributed by atoms with Gasteiger partial charge in [-0.15, -0.1) is 0 Å². The minimum atomic E-state index is -1.16. The van der Waals surface area contributed by atoms with Gasteiger partial charge in [0.25, 0.3) is 0 Å². The number of aromatic nitrogens is 1. The third-order valence-corrected chi connectivity index (χ3v) is 11.7. The van der Waals surface area contributed by atoms with E-state index < -0.39 is 47.9 Å². The van der Waals surface area contributed by atoms with Crippen LogP contribution in [0.4, 0.5) is 11.4 Å². The molecule has 5 atom stereocenters. The number of ether oxygens (including phenoxy) is 5. The van der Waals surface area contributed by atoms with Crippen molar-refractivity contribution in [1.29, 1.82) is 0 Å². The summed E-state index contributed by atoms with van der Waals surface area (Å²) in [5.41, 5.74) is 3.67. The molecular formula is C43H51N5O10. The smallest absolute Gasteiger partial charge is 0.355 e. The molecule has 0 bridgehead atoms. The molecule has 15 heteroatoms. The van der Waals surface area contributed by atoms with Crippen molar-refractivity contribution in [2.45, 2.75) is 58.4 Å². The normalized spacial score (nSPS) is 23.4. The van der Waals surface area contributed by atoms with Gasteiger partial charge in [0.1, 0.15) is 34.5 Å². The summed E-state index contributed by atoms with van der Waals surface area (Å²) in [5, 5.41) is 1.57. The van der Waals surface area contributed by atoms with Crippen molar-refractivity contribution in [3.63, 3.8) is 0 Å². The maximum Gasteiger partial charge on any atom is 0.355 e. The first-order valence-electron chi connectivity index (χ1n) is 19.8. The Balaban J connectivity index is 1.18. The third kappa shape index (κ3) is 7.66. The van der Waals surface area contributed by atoms with Gasteiger partial charge in [-0.25, -0.2) is 14.4 Å². The topological polar surface area (TPSA) is 152 Å². The molecule has 8 rings (SSSR count). The highest BCUT2D eigenvalue weighted by Gasteiger charge is 2.50. The minimum Gasteiger partial charge on any atom is -0.479 e. The number of hydrogen-bond acceptors (Lipinski definition) is 14. The largest absolute Gasteiger partial charge is 0.479 e. The summed E-state index contributed by atoms with van der Waals surface area (Å²) in [4.78, 5) is 51.7. The number of anilines is 2. The molecule has 0 spiro atoms. The number of carbonyl (C=O) groups excluding carboxylic acids is 1. The molecule has 0 unspecified atom stereocenters. The van der Waals surface area contributed by atoms with Gasteiger partial charge in [0, 0.05) is 99.2 Å². The molecule has 1 N–H and O–H groups in total. The summed E-state index contributed by atoms with van der Waals surface area (Å²) in [6.45, 7) is 13.9. The molecule has 0 radical (unpaired) electrons. The third-order valence-electron chi connectivity index (χ3n) is 11.7. The predicted molar refractivity (Wildman–Crippen MR) is 219 cm³/mol. The fraction of sp³-hybridized carbons (Fsp3) is 0.465. The van der Waals surface area contributed by atoms with Gasteiger partial charge in [0.15, 0.2) is 12.2 Å². The second-order valence-electron chi connectivity index (χ2n) is 15.6. The second kappa shape index (κ2) is 16.1. The molecule has 3 saturated heterocycles. The number of esters is 1. The number of fused-ring (bicyclic) bond motifs is 2. The Bertz CT molecular complexity index is 2430. The van der Waals surface area contributed by atoms with Crippen molar-refractivity contribution in [2.75, 3.05) is 83.4 Å². The van der Waals surface area contributed by atoms with E-state index in [1.807, 2.05) is 52.0 Å². The Morgan fingerprint density at radius 1 is 0.690 bits per heavy atom. The first-order valence-corrected chi connectivity index (χ1v) is 19.8. The van der Waals surface area contributed by atoms with E-state index in [9.17, 15) is 14.4 Å². The number of nitrogens with one attached hydrogen (secondary N) is 1. The molecule has 58 heavy (non-hydrogen) atoms. The summed E-state index contributed by atoms with van der Waals surface area (Å²) in [6.07, 6.45) is -4.71. The van der Waals surface area contributed by atoms with Crippen LogP contribution in [0.3, 0.4) is 0 Å². The Hall–Kier alpha value is -5.35. The minimum absolute atomic E-state index is 0.263. The number of likely N-dealkylation sites (N-methyl/N-ethyl adjacent to an activating group) is 2. The molecule has 3 aromatic heterocycles. The van der Waals surface area contributed by atoms with Gasteiger partial charge in [-0.1, -0.05) is 0 Å². The zero-order chi connectivity index (χ0) is 40.8. The molecule has 3 aliphatic rings. The highest BCUT2D eigenvalue weighted by atomic mass is 16.7. The molecular weight excluding hydrogens is 746 g/mol. The van der Waals surface area contributed by atoms with Crippen molar-refractivity contribution in [3.8, 4) is 11.5 Å². The number of methoxy groups -OCH3 is 1. The highest BCUT2D eigenvalue weighted by Crippen LogP contribution is 2.39. The Morgan fingerprint density at radius 3 is 1.69 bits per heavy atom. The van der Waals surface area contributed by atoms with Crippen LogP contribution in [0.25, 0.3) is 21.9 Å². The standard InChI is InChI=1S/C43H51N5O10/c1-24-8-11-30(44-24)42(51)58-40-39(52-7)27(4)53-43(55-34-13-10-29-32(48-20-16-46(6)17-21-48)23-36(50)57-38(29)26(34)3)41(40)54-33-12-9-28-31(47-18-14-45(5)15-19-47)22-35(49)56-37(28)25(33)2/h8-13,22-23,27,39-41,43-44H,14-21H2,1-7H3/t27-,39-,40+,41+,43-/m1/s1. The number of carbonyl (C=O) groups is 1. The molecule has 0 saturated carbocycles. The van der Waals surface area contributed by atoms with Crippen molar-refractivity contribution in [2.24, 2.45) is 0 Å². The number of nitrogens with zero attached hydrogens (tertiary/aromatic N) is 4. The number of rotatable bonds is 9. The molecule has 2 aromatic carbocycles. The van der Waals surface area contributed by atoms with Crippen molar-refractivity contribution in [3.05, 3.63) is 91.9 Å². The monoisotopic (exact) mass is 797 g/mol. The van der Waals surface area contributed by atoms with Crippen LogP contribution < -0.4 is 30.5 Å². The van der Waals surface area contributed by atoms with Gasteiger partial charge >= 0.3 is 17.2 Å². The van der Waals surface area contributed by atoms with E-state index in [2.05, 4.69) is 38.7 Å². The van der Waals surface area contributed by atoms with E-state index in [0.717, 1.165) is 80.2 Å². The zero-order valence-electron chi connectivity index (χ0n) is 34.0. The molecule has 0 aliphatic carbocycles. The Kier molecular flexibility index (Phi) is 11.0. The molecule has 3 fully saturated rings. The maximum absolute atomic E-state index is 13.7. The lowest BCUT2D eigenvalue weighted by molar-refractivity contribution is -0.265. The molecule has 0 amide bonds. The van der Waals surface area contributed by atoms with Crippen LogP contribution in [0.1, 0.15) is 34.2 Å². The number of benzene rings is 2. The van der Waals surface area contributed by atoms with Gasteiger partial charge < -0.3 is 57.1 Å². The fourth-order valence-electron chi connectivity index (χ4n) is 8.26. The van der Waals surface area contributed by atoms with E-state index in [1.54, 1.807) is 18.2 Å². The average Bonchev–Trinajstić information content (AvgIpc) is 3.65. The van der Waals surface area contributed by atoms with Crippen LogP contribution in [0.2, 0.25) is 0 Å². The molecule has 6 heterocycles. The van der Waals surface area contributed by atoms with Crippen LogP contribution in [-0.2, 0) is 14.2 Å². The summed E-state index contributed by atoms with van der Waals surface area (Å²) in [6, 6.07) is 13.9. The maximum atomic E-state index is 13.7. The summed E-state index contributed by atoms with van der Waals surface area (Å²) in [7, 11) is 5.68. The van der Waals surface area contributed by atoms with E-state index in [-0.39, 0.29) is 5.69 Å². The number of H-pyrrole nitrogens is 1. The summed E-state index contributed by atoms with van der Waals surface area (Å²) in [5.74, 6) is 0.142. The number of aryl methyl sites for hydroxylation is 3. The first-order chi connectivity index (χ1) is 27.9. The van der Waals surface area contributed by atoms with Crippen molar-refractivity contribution < 1.29 is 37.3 Å². The average molecular weight is 798 g/mol. The summed E-state index contributed by atoms with van der Waals surface area (Å²) >= 11 is 0. The quantitative estimate of drug-likeness (QED) is 0.165. The van der Waals surface area contributed by atoms with Crippen molar-refractivity contribution >= 4 is 39.3 Å². The van der Waals surface area contributed by atoms with Crippen LogP contribution in [0, 0.1) is 20.8 Å². The Morgan fingerprint density at radius 2 is 1.21 bits per heavy atom. The molecule has 15 nitrogen and oxygen atoms in total. The molecule has 308 valence electrons. The summed E-state index contributed by atoms with van der Waals surface area (Å²) < 4.78 is 43.9. The molecule has 5 aromatic rings. The van der Waals surface area contributed by atoms with E-state index in [4.69, 9.17) is 32.5 Å². The lowest BCUT2D eigenvalue weighted by Gasteiger charge is -2.44. The van der Waals surface area contributed by atoms with Crippen LogP contribution in [0.5, 0.6) is 11.5 Å². The van der Waals surface area contributed by atoms with E-state index in [0.29, 0.717) is 33.8 Å². The first kappa shape index (κ1) is 39.5. The fourth-order valence-corrected chi connectivity index (χ4v) is 8.26. The van der Waals surface area contributed by atoms with E-state index >= 15 is 0 Å². The van der Waals surface area contributed by atoms with Gasteiger partial charge in [0.05, 0.1) is 17.5 Å². The lowest BCUT2D eigenvalue weighted by Crippen LogP contribution is -2.62. The van der Waals surface area contributed by atoms with E-state index in [1.165, 1.54) is 13.2 Å². The van der Waals surface area contributed by atoms with Gasteiger partial charge in [-0.05, 0) is 78.2 Å². The van der Waals surface area contributed by atoms with Crippen LogP contribution >= 0.6 is 0 Å². The highest BCUT2D eigenvalue weighted by molar-refractivity contribution is 5.94. The van der Waals surface area contributed by atoms with Gasteiger partial charge in [-0.3, -0.25) is 0 Å². The number of aromatic amines is 1. The SMILES string of the molecule is CO[C@H]1[C@H](OC(=O)c2ccc(C)[nH]2)[C@H](Oc2ccc3c(N4CCN(C)CC4)cc(=O)oc3c2C)[C@@H](Oc2ccc3c(N4CCN(C)CC4)cc(=O)oc3c2C)O[C@@H]1C. The number of piperazine rings is 2. The zero-order valence-corrected chi connectivity index (χ0v) is 34.0. The number of hydrogen-bond donors (Lipinski definition) is 1. The Labute approximate surface area is 335 Å². The predicted octanol–water partition coefficient (Wildman–Crippen LogP) is 4.47. The van der Waals surface area contributed by atoms with Crippen LogP contribution in [0.15, 0.2) is 67.0 Å². The van der Waals surface area contributed by atoms with Gasteiger partial charge in [-0.2, -0.15) is 0 Å².